The van der Waals surface area contributed by atoms with Crippen LogP contribution in [0.25, 0.3) is 0 Å². The summed E-state index contributed by atoms with van der Waals surface area (Å²) in [7, 11) is 5.83. The summed E-state index contributed by atoms with van der Waals surface area (Å²) in [5, 5.41) is 19.1. The Hall–Kier alpha value is -5.45. The minimum absolute atomic E-state index is 0.0178. The molecule has 2 unspecified atom stereocenters. The number of allylic oxidation sites excluding steroid dienone is 3. The molecule has 5 rings (SSSR count). The van der Waals surface area contributed by atoms with Crippen molar-refractivity contribution >= 4 is 98.3 Å². The molecular weight excluding hydrogens is 1190 g/mol. The van der Waals surface area contributed by atoms with Gasteiger partial charge >= 0.3 is 12.1 Å². The number of ketones is 1. The molecule has 10 atom stereocenters. The van der Waals surface area contributed by atoms with Gasteiger partial charge in [-0.25, -0.2) is 9.59 Å². The maximum absolute atomic E-state index is 14.4. The van der Waals surface area contributed by atoms with Crippen molar-refractivity contribution in [2.24, 2.45) is 5.92 Å². The van der Waals surface area contributed by atoms with Gasteiger partial charge in [-0.3, -0.25) is 43.8 Å². The van der Waals surface area contributed by atoms with Gasteiger partial charge in [0.05, 0.1) is 68.4 Å². The van der Waals surface area contributed by atoms with Crippen LogP contribution in [0.5, 0.6) is 5.75 Å². The Morgan fingerprint density at radius 1 is 1.05 bits per heavy atom. The van der Waals surface area contributed by atoms with E-state index in [1.165, 1.54) is 45.0 Å². The second kappa shape index (κ2) is 32.2. The molecule has 4 aliphatic rings. The summed E-state index contributed by atoms with van der Waals surface area (Å²) in [6, 6.07) is 2.35. The Kier molecular flexibility index (Phi) is 26.5. The van der Waals surface area contributed by atoms with Crippen molar-refractivity contribution in [2.75, 3.05) is 97.0 Å². The van der Waals surface area contributed by atoms with E-state index in [4.69, 9.17) is 49.5 Å². The smallest absolute Gasteiger partial charge is 0.409 e. The highest BCUT2D eigenvalue weighted by Gasteiger charge is 2.64. The summed E-state index contributed by atoms with van der Waals surface area (Å²) < 4.78 is 46.2. The number of carbonyl (C=O) groups is 9. The standard InChI is InChI=1S/C56H78BrClN6O18S/c1-10-45(66)59-30-38(31-60-46(67)29-57)79-32-37(65)14-12-18-77-20-21-78-19-17-64-49(70)26-42(52(64)71)83-22-16-47(68)62(6)35(4)53(72)81-44-27-48(69)63(7)39-24-36(25-40(75-8)50(39)58)23-33(2)13-11-15-43(76-9)56(74)28-41(80-54(73)61-56)34(3)51-55(44,5)82-51/h10-11,13,15,24-25,34-35,38,41-44,51,74H,1,12,14,16-23,26-32H2,2-9H3,(H,59,66)(H,60,67)(H,61,73)/b15-11+,33-13+/t34-,35+,38?,41+,42?,43-,44+,51+,55+,56+/m1/s1. The third kappa shape index (κ3) is 19.3. The van der Waals surface area contributed by atoms with E-state index in [9.17, 15) is 48.3 Å². The zero-order valence-electron chi connectivity index (χ0n) is 48.2. The zero-order chi connectivity index (χ0) is 61.2. The molecule has 1 aromatic carbocycles. The van der Waals surface area contributed by atoms with Crippen LogP contribution in [0.3, 0.4) is 0 Å². The topological polar surface area (TPSA) is 297 Å². The Labute approximate surface area is 501 Å². The second-order valence-corrected chi connectivity index (χ2v) is 23.0. The second-order valence-electron chi connectivity index (χ2n) is 20.8. The summed E-state index contributed by atoms with van der Waals surface area (Å²) in [4.78, 5) is 121. The van der Waals surface area contributed by atoms with Crippen LogP contribution in [0.4, 0.5) is 10.5 Å². The number of aliphatic hydroxyl groups is 1. The Morgan fingerprint density at radius 3 is 2.45 bits per heavy atom. The molecule has 4 N–H and O–H groups in total. The maximum Gasteiger partial charge on any atom is 0.409 e. The number of nitrogens with one attached hydrogen (secondary N) is 3. The van der Waals surface area contributed by atoms with Crippen molar-refractivity contribution in [1.29, 1.82) is 0 Å². The molecule has 4 aliphatic heterocycles. The molecule has 0 aliphatic carbocycles. The number of esters is 1. The van der Waals surface area contributed by atoms with Crippen molar-refractivity contribution in [3.8, 4) is 5.75 Å². The van der Waals surface area contributed by atoms with Gasteiger partial charge in [0.25, 0.3) is 0 Å². The Morgan fingerprint density at radius 2 is 1.76 bits per heavy atom. The van der Waals surface area contributed by atoms with E-state index in [-0.39, 0.29) is 112 Å². The molecule has 0 saturated carbocycles. The van der Waals surface area contributed by atoms with E-state index in [0.717, 1.165) is 33.9 Å². The maximum atomic E-state index is 14.4. The lowest BCUT2D eigenvalue weighted by Gasteiger charge is -2.42. The van der Waals surface area contributed by atoms with Crippen LogP contribution >= 0.6 is 39.3 Å². The number of hydrogen-bond acceptors (Lipinski definition) is 19. The number of hydrogen-bond donors (Lipinski definition) is 4. The minimum Gasteiger partial charge on any atom is -0.495 e. The van der Waals surface area contributed by atoms with E-state index >= 15 is 0 Å². The molecular formula is C56H78BrClN6O18S. The molecule has 4 heterocycles. The number of methoxy groups -OCH3 is 2. The molecule has 0 aromatic heterocycles. The van der Waals surface area contributed by atoms with Crippen LogP contribution < -0.4 is 25.6 Å². The fourth-order valence-electron chi connectivity index (χ4n) is 9.58. The third-order valence-corrected chi connectivity index (χ3v) is 16.9. The van der Waals surface area contributed by atoms with E-state index in [0.29, 0.717) is 24.3 Å². The van der Waals surface area contributed by atoms with Crippen LogP contribution in [0.1, 0.15) is 71.8 Å². The van der Waals surface area contributed by atoms with Crippen LogP contribution in [0, 0.1) is 5.92 Å². The minimum atomic E-state index is -1.89. The number of ether oxygens (including phenoxy) is 8. The molecule has 3 saturated heterocycles. The van der Waals surface area contributed by atoms with Gasteiger partial charge in [0.1, 0.15) is 47.3 Å². The number of anilines is 1. The largest absolute Gasteiger partial charge is 0.495 e. The number of carbonyl (C=O) groups excluding carboxylic acids is 9. The number of likely N-dealkylation sites (N-methyl/N-ethyl adjacent to an activating group) is 1. The Balaban J connectivity index is 1.11. The predicted molar refractivity (Wildman–Crippen MR) is 309 cm³/mol. The highest BCUT2D eigenvalue weighted by Crippen LogP contribution is 2.49. The van der Waals surface area contributed by atoms with Gasteiger partial charge in [-0.2, -0.15) is 0 Å². The van der Waals surface area contributed by atoms with Gasteiger partial charge in [0, 0.05) is 78.3 Å². The van der Waals surface area contributed by atoms with Gasteiger partial charge < -0.3 is 63.4 Å². The summed E-state index contributed by atoms with van der Waals surface area (Å²) in [6.07, 6.45) is 1.15. The molecule has 7 amide bonds. The quantitative estimate of drug-likeness (QED) is 0.0234. The number of benzene rings is 1. The fraction of sp³-hybridized carbons (Fsp3) is 0.625. The number of epoxide rings is 1. The molecule has 460 valence electrons. The van der Waals surface area contributed by atoms with E-state index in [1.807, 2.05) is 13.0 Å². The first-order valence-corrected chi connectivity index (χ1v) is 29.8. The van der Waals surface area contributed by atoms with E-state index < -0.39 is 101 Å². The first-order chi connectivity index (χ1) is 39.4. The van der Waals surface area contributed by atoms with Crippen LogP contribution in [-0.2, 0) is 77.9 Å². The number of alkyl carbamates (subject to hydrolysis) is 1. The summed E-state index contributed by atoms with van der Waals surface area (Å²) >= 11 is 11.0. The number of amides is 7. The lowest BCUT2D eigenvalue weighted by Crippen LogP contribution is -2.63. The van der Waals surface area contributed by atoms with E-state index in [2.05, 4.69) is 38.5 Å². The summed E-state index contributed by atoms with van der Waals surface area (Å²) in [6.45, 7) is 10.8. The average Bonchev–Trinajstić information content (AvgIpc) is 4.23. The van der Waals surface area contributed by atoms with Crippen molar-refractivity contribution in [2.45, 2.75) is 126 Å². The van der Waals surface area contributed by atoms with Crippen molar-refractivity contribution in [3.05, 3.63) is 59.2 Å². The number of likely N-dealkylation sites (tertiary alicyclic amines) is 1. The zero-order valence-corrected chi connectivity index (χ0v) is 51.4. The molecule has 1 aromatic rings. The highest BCUT2D eigenvalue weighted by atomic mass is 79.9. The molecule has 4 bridgehead atoms. The molecule has 3 fully saturated rings. The number of fused-ring (bicyclic) bond motifs is 5. The molecule has 24 nitrogen and oxygen atoms in total. The first-order valence-electron chi connectivity index (χ1n) is 27.2. The monoisotopic (exact) mass is 1270 g/mol. The fourth-order valence-corrected chi connectivity index (χ4v) is 11.2. The van der Waals surface area contributed by atoms with Gasteiger partial charge in [-0.05, 0) is 57.4 Å². The number of thioether (sulfide) groups is 1. The van der Waals surface area contributed by atoms with Crippen molar-refractivity contribution in [3.63, 3.8) is 0 Å². The Bertz CT molecular complexity index is 2600. The number of rotatable bonds is 28. The van der Waals surface area contributed by atoms with E-state index in [1.54, 1.807) is 38.1 Å². The molecule has 27 heteroatoms. The average molecular weight is 1270 g/mol. The number of Topliss-reactive ketones (excluding diaryl/α,β-unsaturated/α-hetero) is 1. The normalized spacial score (nSPS) is 26.3. The van der Waals surface area contributed by atoms with Crippen LogP contribution in [0.15, 0.2) is 48.6 Å². The summed E-state index contributed by atoms with van der Waals surface area (Å²) in [5.41, 5.74) is -1.24. The van der Waals surface area contributed by atoms with Crippen molar-refractivity contribution in [1.82, 2.24) is 25.8 Å². The SMILES string of the molecule is C=CC(=O)NCC(CNC(=O)CBr)OCC(=O)CCCOCCOCCN1C(=O)CC(SCCC(=O)N(C)[C@@H](C)C(=O)O[C@H]2CC(=O)N(C)c3cc(cc(OC)c3Cl)C/C(C)=C/C=C/[C@@H](OC)[C@@]3(O)C[C@H](OC(=O)N3)[C@@H](C)[C@@H]3O[C@@]23C)C1=O. The lowest BCUT2D eigenvalue weighted by molar-refractivity contribution is -0.162. The number of nitrogens with zero attached hydrogens (tertiary/aromatic N) is 3. The van der Waals surface area contributed by atoms with Gasteiger partial charge in [-0.15, -0.1) is 11.8 Å². The number of halogens is 2. The first kappa shape index (κ1) is 68.3. The highest BCUT2D eigenvalue weighted by molar-refractivity contribution is 9.09. The van der Waals surface area contributed by atoms with Crippen LogP contribution in [0.2, 0.25) is 5.02 Å². The lowest BCUT2D eigenvalue weighted by atomic mass is 9.83. The number of alkyl halides is 1. The third-order valence-electron chi connectivity index (χ3n) is 14.8. The van der Waals surface area contributed by atoms with Crippen molar-refractivity contribution < 1.29 is 86.2 Å². The van der Waals surface area contributed by atoms with Gasteiger partial charge in [0.2, 0.25) is 35.4 Å². The predicted octanol–water partition coefficient (Wildman–Crippen LogP) is 3.35. The number of imide groups is 1. The van der Waals surface area contributed by atoms with Gasteiger partial charge in [0.15, 0.2) is 11.5 Å². The molecule has 0 radical (unpaired) electrons. The van der Waals surface area contributed by atoms with Gasteiger partial charge in [-0.1, -0.05) is 64.8 Å². The summed E-state index contributed by atoms with van der Waals surface area (Å²) in [5.74, 6) is -3.61. The molecule has 0 spiro atoms. The van der Waals surface area contributed by atoms with Crippen LogP contribution in [-0.4, -0.2) is 213 Å². The molecule has 83 heavy (non-hydrogen) atoms.